The highest BCUT2D eigenvalue weighted by Crippen LogP contribution is 2.24. The SMILES string of the molecule is CC(NC(C(=O)O)C(C)C)c1ccc(OC(F)(F)F)cc1. The number of halogens is 3. The first-order chi connectivity index (χ1) is 9.60. The molecule has 0 aliphatic heterocycles. The van der Waals surface area contributed by atoms with Crippen molar-refractivity contribution in [1.29, 1.82) is 0 Å². The first-order valence-electron chi connectivity index (χ1n) is 6.44. The van der Waals surface area contributed by atoms with Gasteiger partial charge in [0.2, 0.25) is 0 Å². The second-order valence-corrected chi connectivity index (χ2v) is 5.07. The molecule has 2 atom stereocenters. The number of hydrogen-bond donors (Lipinski definition) is 2. The van der Waals surface area contributed by atoms with Crippen LogP contribution in [0, 0.1) is 5.92 Å². The molecule has 2 N–H and O–H groups in total. The molecule has 0 heterocycles. The fourth-order valence-electron chi connectivity index (χ4n) is 1.87. The fourth-order valence-corrected chi connectivity index (χ4v) is 1.87. The number of aliphatic carboxylic acids is 1. The van der Waals surface area contributed by atoms with Crippen molar-refractivity contribution in [1.82, 2.24) is 5.32 Å². The van der Waals surface area contributed by atoms with Gasteiger partial charge >= 0.3 is 12.3 Å². The van der Waals surface area contributed by atoms with E-state index in [0.717, 1.165) is 0 Å². The van der Waals surface area contributed by atoms with Gasteiger partial charge in [0.1, 0.15) is 11.8 Å². The Kier molecular flexibility index (Phi) is 5.60. The van der Waals surface area contributed by atoms with Gasteiger partial charge in [-0.1, -0.05) is 26.0 Å². The molecule has 4 nitrogen and oxygen atoms in total. The minimum absolute atomic E-state index is 0.113. The van der Waals surface area contributed by atoms with Crippen LogP contribution in [0.4, 0.5) is 13.2 Å². The third kappa shape index (κ3) is 5.63. The van der Waals surface area contributed by atoms with E-state index in [1.165, 1.54) is 24.3 Å². The molecule has 0 spiro atoms. The summed E-state index contributed by atoms with van der Waals surface area (Å²) in [7, 11) is 0. The molecule has 0 radical (unpaired) electrons. The van der Waals surface area contributed by atoms with E-state index < -0.39 is 18.4 Å². The third-order valence-electron chi connectivity index (χ3n) is 2.98. The number of alkyl halides is 3. The van der Waals surface area contributed by atoms with Gasteiger partial charge in [0.25, 0.3) is 0 Å². The Morgan fingerprint density at radius 3 is 2.10 bits per heavy atom. The van der Waals surface area contributed by atoms with Crippen molar-refractivity contribution in [2.75, 3.05) is 0 Å². The number of rotatable bonds is 6. The van der Waals surface area contributed by atoms with E-state index in [9.17, 15) is 18.0 Å². The van der Waals surface area contributed by atoms with E-state index in [1.807, 2.05) is 0 Å². The number of ether oxygens (including phenoxy) is 1. The normalized spacial score (nSPS) is 14.8. The van der Waals surface area contributed by atoms with Gasteiger partial charge in [0.15, 0.2) is 0 Å². The topological polar surface area (TPSA) is 58.6 Å². The molecule has 0 saturated carbocycles. The monoisotopic (exact) mass is 305 g/mol. The van der Waals surface area contributed by atoms with Gasteiger partial charge in [-0.3, -0.25) is 10.1 Å². The zero-order valence-corrected chi connectivity index (χ0v) is 11.9. The summed E-state index contributed by atoms with van der Waals surface area (Å²) in [5.41, 5.74) is 0.677. The van der Waals surface area contributed by atoms with E-state index in [1.54, 1.807) is 20.8 Å². The molecular weight excluding hydrogens is 287 g/mol. The van der Waals surface area contributed by atoms with Crippen molar-refractivity contribution >= 4 is 5.97 Å². The first kappa shape index (κ1) is 17.3. The van der Waals surface area contributed by atoms with Crippen molar-refractivity contribution in [3.05, 3.63) is 29.8 Å². The Balaban J connectivity index is 2.75. The second-order valence-electron chi connectivity index (χ2n) is 5.07. The number of carbonyl (C=O) groups is 1. The average Bonchev–Trinajstić information content (AvgIpc) is 2.33. The first-order valence-corrected chi connectivity index (χ1v) is 6.44. The Hall–Kier alpha value is -1.76. The molecule has 0 fully saturated rings. The van der Waals surface area contributed by atoms with Crippen molar-refractivity contribution in [3.8, 4) is 5.75 Å². The molecule has 118 valence electrons. The standard InChI is InChI=1S/C14H18F3NO3/c1-8(2)12(13(19)20)18-9(3)10-4-6-11(7-5-10)21-14(15,16)17/h4-9,12,18H,1-3H3,(H,19,20). The van der Waals surface area contributed by atoms with Crippen molar-refractivity contribution < 1.29 is 27.8 Å². The molecule has 7 heteroatoms. The molecule has 0 saturated heterocycles. The molecule has 0 aliphatic carbocycles. The lowest BCUT2D eigenvalue weighted by atomic mass is 10.0. The van der Waals surface area contributed by atoms with Gasteiger partial charge in [-0.05, 0) is 30.5 Å². The van der Waals surface area contributed by atoms with Crippen molar-refractivity contribution in [2.24, 2.45) is 5.92 Å². The molecule has 0 aliphatic rings. The van der Waals surface area contributed by atoms with Gasteiger partial charge in [-0.2, -0.15) is 0 Å². The molecule has 0 amide bonds. The maximum atomic E-state index is 12.1. The Morgan fingerprint density at radius 2 is 1.71 bits per heavy atom. The van der Waals surface area contributed by atoms with Crippen LogP contribution in [0.3, 0.4) is 0 Å². The summed E-state index contributed by atoms with van der Waals surface area (Å²) in [6.45, 7) is 5.30. The van der Waals surface area contributed by atoms with Crippen LogP contribution in [-0.4, -0.2) is 23.5 Å². The lowest BCUT2D eigenvalue weighted by Crippen LogP contribution is -2.42. The highest BCUT2D eigenvalue weighted by molar-refractivity contribution is 5.73. The number of hydrogen-bond acceptors (Lipinski definition) is 3. The summed E-state index contributed by atoms with van der Waals surface area (Å²) in [5.74, 6) is -1.39. The quantitative estimate of drug-likeness (QED) is 0.846. The lowest BCUT2D eigenvalue weighted by Gasteiger charge is -2.23. The Labute approximate surface area is 120 Å². The minimum Gasteiger partial charge on any atom is -0.480 e. The van der Waals surface area contributed by atoms with E-state index >= 15 is 0 Å². The average molecular weight is 305 g/mol. The number of nitrogens with one attached hydrogen (secondary N) is 1. The maximum absolute atomic E-state index is 12.1. The maximum Gasteiger partial charge on any atom is 0.573 e. The molecule has 1 rings (SSSR count). The largest absolute Gasteiger partial charge is 0.573 e. The zero-order chi connectivity index (χ0) is 16.2. The molecule has 2 unspecified atom stereocenters. The predicted molar refractivity (Wildman–Crippen MR) is 70.9 cm³/mol. The predicted octanol–water partition coefficient (Wildman–Crippen LogP) is 3.35. The zero-order valence-electron chi connectivity index (χ0n) is 11.9. The summed E-state index contributed by atoms with van der Waals surface area (Å²) in [4.78, 5) is 11.1. The van der Waals surface area contributed by atoms with E-state index in [2.05, 4.69) is 10.1 Å². The van der Waals surface area contributed by atoms with Crippen molar-refractivity contribution in [2.45, 2.75) is 39.2 Å². The smallest absolute Gasteiger partial charge is 0.480 e. The molecule has 21 heavy (non-hydrogen) atoms. The lowest BCUT2D eigenvalue weighted by molar-refractivity contribution is -0.274. The minimum atomic E-state index is -4.72. The number of carboxylic acids is 1. The summed E-state index contributed by atoms with van der Waals surface area (Å²) < 4.78 is 39.9. The van der Waals surface area contributed by atoms with Crippen LogP contribution in [0.1, 0.15) is 32.4 Å². The Bertz CT molecular complexity index is 471. The number of carboxylic acid groups (broad SMARTS) is 1. The summed E-state index contributed by atoms with van der Waals surface area (Å²) in [5, 5.41) is 12.0. The van der Waals surface area contributed by atoms with Gasteiger partial charge in [-0.25, -0.2) is 0 Å². The highest BCUT2D eigenvalue weighted by Gasteiger charge is 2.31. The van der Waals surface area contributed by atoms with Gasteiger partial charge in [0, 0.05) is 6.04 Å². The molecule has 0 bridgehead atoms. The van der Waals surface area contributed by atoms with E-state index in [-0.39, 0.29) is 17.7 Å². The van der Waals surface area contributed by atoms with Crippen LogP contribution < -0.4 is 10.1 Å². The van der Waals surface area contributed by atoms with Crippen LogP contribution in [0.5, 0.6) is 5.75 Å². The molecule has 1 aromatic rings. The third-order valence-corrected chi connectivity index (χ3v) is 2.98. The van der Waals surface area contributed by atoms with Crippen LogP contribution in [0.2, 0.25) is 0 Å². The van der Waals surface area contributed by atoms with Gasteiger partial charge in [0.05, 0.1) is 0 Å². The van der Waals surface area contributed by atoms with Crippen molar-refractivity contribution in [3.63, 3.8) is 0 Å². The number of benzene rings is 1. The van der Waals surface area contributed by atoms with E-state index in [4.69, 9.17) is 5.11 Å². The summed E-state index contributed by atoms with van der Waals surface area (Å²) in [6.07, 6.45) is -4.72. The molecule has 0 aromatic heterocycles. The second kappa shape index (κ2) is 6.80. The molecule has 1 aromatic carbocycles. The molecular formula is C14H18F3NO3. The van der Waals surface area contributed by atoms with Gasteiger partial charge in [-0.15, -0.1) is 13.2 Å². The van der Waals surface area contributed by atoms with Crippen LogP contribution in [0.15, 0.2) is 24.3 Å². The summed E-state index contributed by atoms with van der Waals surface area (Å²) in [6, 6.07) is 4.30. The summed E-state index contributed by atoms with van der Waals surface area (Å²) >= 11 is 0. The van der Waals surface area contributed by atoms with E-state index in [0.29, 0.717) is 5.56 Å². The highest BCUT2D eigenvalue weighted by atomic mass is 19.4. The van der Waals surface area contributed by atoms with Gasteiger partial charge < -0.3 is 9.84 Å². The van der Waals surface area contributed by atoms with Crippen LogP contribution in [-0.2, 0) is 4.79 Å². The van der Waals surface area contributed by atoms with Crippen LogP contribution in [0.25, 0.3) is 0 Å². The Morgan fingerprint density at radius 1 is 1.19 bits per heavy atom. The van der Waals surface area contributed by atoms with Crippen LogP contribution >= 0.6 is 0 Å². The fraction of sp³-hybridized carbons (Fsp3) is 0.500.